The summed E-state index contributed by atoms with van der Waals surface area (Å²) in [7, 11) is 1.49. The van der Waals surface area contributed by atoms with E-state index in [-0.39, 0.29) is 41.1 Å². The number of halogens is 2. The summed E-state index contributed by atoms with van der Waals surface area (Å²) in [4.78, 5) is 59.2. The number of ether oxygens (including phenoxy) is 1. The number of phenols is 1. The van der Waals surface area contributed by atoms with Crippen molar-refractivity contribution in [2.24, 2.45) is 29.1 Å². The number of carbonyl (C=O) groups is 4. The zero-order valence-corrected chi connectivity index (χ0v) is 26.3. The summed E-state index contributed by atoms with van der Waals surface area (Å²) < 4.78 is 19.6. The van der Waals surface area contributed by atoms with Gasteiger partial charge < -0.3 is 9.84 Å². The quantitative estimate of drug-likeness (QED) is 0.263. The monoisotopic (exact) mass is 642 g/mol. The van der Waals surface area contributed by atoms with Crippen LogP contribution in [0.3, 0.4) is 0 Å². The maximum Gasteiger partial charge on any atom is 0.241 e. The molecule has 8 nitrogen and oxygen atoms in total. The number of phenolic OH excluding ortho intramolecular Hbond substituents is 1. The number of carbonyl (C=O) groups excluding carboxylic acids is 4. The summed E-state index contributed by atoms with van der Waals surface area (Å²) in [5, 5.41) is 11.0. The van der Waals surface area contributed by atoms with Crippen molar-refractivity contribution >= 4 is 46.6 Å². The van der Waals surface area contributed by atoms with Gasteiger partial charge in [-0.15, -0.1) is 0 Å². The highest BCUT2D eigenvalue weighted by Gasteiger charge is 2.68. The summed E-state index contributed by atoms with van der Waals surface area (Å²) in [6.45, 7) is 3.73. The van der Waals surface area contributed by atoms with Gasteiger partial charge in [-0.3, -0.25) is 24.1 Å². The predicted octanol–water partition coefficient (Wildman–Crippen LogP) is 6.19. The van der Waals surface area contributed by atoms with Crippen LogP contribution in [0.5, 0.6) is 11.5 Å². The number of amides is 4. The molecule has 10 heteroatoms. The maximum atomic E-state index is 14.5. The van der Waals surface area contributed by atoms with Gasteiger partial charge in [-0.1, -0.05) is 42.3 Å². The van der Waals surface area contributed by atoms with Gasteiger partial charge in [0.05, 0.1) is 46.7 Å². The fourth-order valence-electron chi connectivity index (χ4n) is 8.26. The van der Waals surface area contributed by atoms with E-state index in [0.717, 1.165) is 28.5 Å². The Morgan fingerprint density at radius 2 is 1.65 bits per heavy atom. The molecule has 3 fully saturated rings. The maximum absolute atomic E-state index is 14.5. The smallest absolute Gasteiger partial charge is 0.241 e. The molecule has 1 N–H and O–H groups in total. The molecule has 6 unspecified atom stereocenters. The van der Waals surface area contributed by atoms with Gasteiger partial charge in [-0.2, -0.15) is 0 Å². The molecule has 3 aromatic rings. The van der Waals surface area contributed by atoms with Gasteiger partial charge in [0.2, 0.25) is 23.6 Å². The van der Waals surface area contributed by atoms with E-state index >= 15 is 0 Å². The fourth-order valence-corrected chi connectivity index (χ4v) is 8.43. The van der Waals surface area contributed by atoms with Crippen molar-refractivity contribution < 1.29 is 33.4 Å². The second-order valence-electron chi connectivity index (χ2n) is 12.7. The van der Waals surface area contributed by atoms with E-state index in [1.807, 2.05) is 25.1 Å². The Hall–Kier alpha value is -4.50. The number of fused-ring (bicyclic) bond motifs is 4. The highest BCUT2D eigenvalue weighted by molar-refractivity contribution is 6.32. The van der Waals surface area contributed by atoms with Crippen LogP contribution in [-0.2, 0) is 25.6 Å². The number of aryl methyl sites for hydroxylation is 1. The van der Waals surface area contributed by atoms with Crippen LogP contribution in [0.15, 0.2) is 72.3 Å². The Bertz CT molecular complexity index is 1860. The largest absolute Gasteiger partial charge is 0.508 e. The minimum atomic E-state index is -1.39. The van der Waals surface area contributed by atoms with Crippen molar-refractivity contribution in [3.8, 4) is 11.5 Å². The molecule has 0 spiro atoms. The Balaban J connectivity index is 1.37. The average molecular weight is 643 g/mol. The van der Waals surface area contributed by atoms with Crippen LogP contribution < -0.4 is 14.5 Å². The van der Waals surface area contributed by atoms with Crippen molar-refractivity contribution in [1.29, 1.82) is 0 Å². The van der Waals surface area contributed by atoms with Gasteiger partial charge >= 0.3 is 0 Å². The number of methoxy groups -OCH3 is 1. The molecule has 0 bridgehead atoms. The number of anilines is 2. The van der Waals surface area contributed by atoms with Crippen LogP contribution in [0.4, 0.5) is 15.8 Å². The van der Waals surface area contributed by atoms with Crippen molar-refractivity contribution in [3.63, 3.8) is 0 Å². The molecule has 2 saturated heterocycles. The third-order valence-corrected chi connectivity index (χ3v) is 10.9. The van der Waals surface area contributed by atoms with Crippen LogP contribution in [-0.4, -0.2) is 35.8 Å². The summed E-state index contributed by atoms with van der Waals surface area (Å²) in [6.07, 6.45) is 3.14. The van der Waals surface area contributed by atoms with E-state index in [9.17, 15) is 28.7 Å². The molecule has 7 rings (SSSR count). The van der Waals surface area contributed by atoms with Crippen LogP contribution >= 0.6 is 11.6 Å². The number of allylic oxidation sites excluding steroid dienone is 2. The standard InChI is InChI=1S/C36H32ClFN2O6/c1-4-18-5-7-19(8-6-18)39-32(42)23-12-11-22-24(30(23)34(39)44)17-26-33(43)40(20-9-13-28(38)27(37)15-20)35(45)36(26,2)31(22)25-16-21(46-3)10-14-29(25)41/h5-11,13-16,23-24,26,30-31,41H,4,12,17H2,1-3H3. The first kappa shape index (κ1) is 30.2. The first-order valence-electron chi connectivity index (χ1n) is 15.4. The van der Waals surface area contributed by atoms with Crippen molar-refractivity contribution in [3.05, 3.63) is 94.3 Å². The Morgan fingerprint density at radius 3 is 2.33 bits per heavy atom. The molecule has 236 valence electrons. The van der Waals surface area contributed by atoms with Gasteiger partial charge in [0.15, 0.2) is 0 Å². The molecule has 2 aliphatic heterocycles. The lowest BCUT2D eigenvalue weighted by atomic mass is 9.51. The second kappa shape index (κ2) is 10.8. The third kappa shape index (κ3) is 4.17. The average Bonchev–Trinajstić information content (AvgIpc) is 3.42. The van der Waals surface area contributed by atoms with Gasteiger partial charge in [-0.25, -0.2) is 9.29 Å². The first-order valence-corrected chi connectivity index (χ1v) is 15.8. The Kier molecular flexibility index (Phi) is 7.08. The minimum Gasteiger partial charge on any atom is -0.508 e. The minimum absolute atomic E-state index is 0.0931. The molecule has 6 atom stereocenters. The normalized spacial score (nSPS) is 28.6. The summed E-state index contributed by atoms with van der Waals surface area (Å²) in [6, 6.07) is 15.8. The van der Waals surface area contributed by atoms with Gasteiger partial charge in [-0.05, 0) is 86.2 Å². The summed E-state index contributed by atoms with van der Waals surface area (Å²) >= 11 is 6.07. The number of imide groups is 2. The second-order valence-corrected chi connectivity index (χ2v) is 13.1. The number of hydrogen-bond donors (Lipinski definition) is 1. The summed E-state index contributed by atoms with van der Waals surface area (Å²) in [5.74, 6) is -5.69. The number of aromatic hydroxyl groups is 1. The molecule has 2 aliphatic carbocycles. The van der Waals surface area contributed by atoms with E-state index in [4.69, 9.17) is 16.3 Å². The molecule has 2 heterocycles. The lowest BCUT2D eigenvalue weighted by Crippen LogP contribution is -2.48. The van der Waals surface area contributed by atoms with Crippen LogP contribution in [0.2, 0.25) is 5.02 Å². The Labute approximate surface area is 270 Å². The molecule has 0 radical (unpaired) electrons. The first-order chi connectivity index (χ1) is 22.0. The van der Waals surface area contributed by atoms with Crippen molar-refractivity contribution in [2.45, 2.75) is 39.0 Å². The highest BCUT2D eigenvalue weighted by Crippen LogP contribution is 2.64. The zero-order valence-electron chi connectivity index (χ0n) is 25.5. The molecule has 0 aromatic heterocycles. The molecule has 4 aliphatic rings. The number of rotatable bonds is 5. The van der Waals surface area contributed by atoms with E-state index in [1.165, 1.54) is 30.2 Å². The van der Waals surface area contributed by atoms with Crippen LogP contribution in [0, 0.1) is 34.9 Å². The lowest BCUT2D eigenvalue weighted by molar-refractivity contribution is -0.131. The molecular formula is C36H32ClFN2O6. The van der Waals surface area contributed by atoms with E-state index < -0.39 is 52.6 Å². The van der Waals surface area contributed by atoms with Crippen molar-refractivity contribution in [2.75, 3.05) is 16.9 Å². The molecular weight excluding hydrogens is 611 g/mol. The van der Waals surface area contributed by atoms with E-state index in [2.05, 4.69) is 0 Å². The fraction of sp³-hybridized carbons (Fsp3) is 0.333. The van der Waals surface area contributed by atoms with E-state index in [0.29, 0.717) is 17.0 Å². The zero-order chi connectivity index (χ0) is 32.7. The number of hydrogen-bond acceptors (Lipinski definition) is 6. The van der Waals surface area contributed by atoms with Gasteiger partial charge in [0, 0.05) is 11.5 Å². The van der Waals surface area contributed by atoms with Crippen LogP contribution in [0.1, 0.15) is 43.7 Å². The van der Waals surface area contributed by atoms with E-state index in [1.54, 1.807) is 31.2 Å². The lowest BCUT2D eigenvalue weighted by Gasteiger charge is -2.49. The molecule has 46 heavy (non-hydrogen) atoms. The van der Waals surface area contributed by atoms with Gasteiger partial charge in [0.1, 0.15) is 17.3 Å². The highest BCUT2D eigenvalue weighted by atomic mass is 35.5. The molecule has 1 saturated carbocycles. The molecule has 4 amide bonds. The van der Waals surface area contributed by atoms with Crippen molar-refractivity contribution in [1.82, 2.24) is 0 Å². The summed E-state index contributed by atoms with van der Waals surface area (Å²) in [5.41, 5.74) is 1.43. The number of nitrogens with zero attached hydrogens (tertiary/aromatic N) is 2. The number of benzene rings is 3. The topological polar surface area (TPSA) is 104 Å². The predicted molar refractivity (Wildman–Crippen MR) is 169 cm³/mol. The molecule has 3 aromatic carbocycles. The van der Waals surface area contributed by atoms with Gasteiger partial charge in [0.25, 0.3) is 0 Å². The Morgan fingerprint density at radius 1 is 0.935 bits per heavy atom. The van der Waals surface area contributed by atoms with Crippen LogP contribution in [0.25, 0.3) is 0 Å². The SMILES string of the molecule is CCc1ccc(N2C(=O)C3CC=C4C(CC5C(=O)N(c6ccc(F)c(Cl)c6)C(=O)C5(C)C4c4cc(OC)ccc4O)C3C2=O)cc1. The third-order valence-electron chi connectivity index (χ3n) is 10.6.